The summed E-state index contributed by atoms with van der Waals surface area (Å²) in [5.41, 5.74) is 0.475. The number of ether oxygens (including phenoxy) is 2. The van der Waals surface area contributed by atoms with Crippen LogP contribution in [0.25, 0.3) is 0 Å². The first-order valence-electron chi connectivity index (χ1n) is 7.08. The molecule has 1 amide bonds. The first-order chi connectivity index (χ1) is 9.92. The Kier molecular flexibility index (Phi) is 7.15. The van der Waals surface area contributed by atoms with Gasteiger partial charge in [-0.15, -0.1) is 0 Å². The van der Waals surface area contributed by atoms with E-state index in [1.807, 2.05) is 30.3 Å². The fourth-order valence-electron chi connectivity index (χ4n) is 1.66. The lowest BCUT2D eigenvalue weighted by molar-refractivity contribution is 0.0153. The smallest absolute Gasteiger partial charge is 0.410 e. The Morgan fingerprint density at radius 1 is 1.19 bits per heavy atom. The summed E-state index contributed by atoms with van der Waals surface area (Å²) in [4.78, 5) is 13.2. The molecule has 0 bridgehead atoms. The Labute approximate surface area is 125 Å². The lowest BCUT2D eigenvalue weighted by Gasteiger charge is -2.26. The predicted octanol–water partition coefficient (Wildman–Crippen LogP) is 3.41. The lowest BCUT2D eigenvalue weighted by Crippen LogP contribution is -2.39. The van der Waals surface area contributed by atoms with E-state index in [4.69, 9.17) is 9.47 Å². The van der Waals surface area contributed by atoms with Crippen molar-refractivity contribution in [3.63, 3.8) is 0 Å². The highest BCUT2D eigenvalue weighted by atomic mass is 19.1. The molecule has 0 heterocycles. The van der Waals surface area contributed by atoms with Gasteiger partial charge in [0.1, 0.15) is 12.3 Å². The van der Waals surface area contributed by atoms with Crippen molar-refractivity contribution in [2.24, 2.45) is 0 Å². The van der Waals surface area contributed by atoms with Crippen LogP contribution < -0.4 is 0 Å². The Bertz CT molecular complexity index is 417. The quantitative estimate of drug-likeness (QED) is 0.724. The molecule has 0 radical (unpaired) electrons. The highest BCUT2D eigenvalue weighted by Gasteiger charge is 2.21. The number of hydrogen-bond acceptors (Lipinski definition) is 3. The number of rotatable bonds is 7. The number of amides is 1. The van der Waals surface area contributed by atoms with Crippen molar-refractivity contribution in [2.45, 2.75) is 33.0 Å². The van der Waals surface area contributed by atoms with E-state index >= 15 is 0 Å². The lowest BCUT2D eigenvalue weighted by atomic mass is 10.2. The summed E-state index contributed by atoms with van der Waals surface area (Å²) in [7, 11) is 0. The summed E-state index contributed by atoms with van der Waals surface area (Å²) >= 11 is 0. The average Bonchev–Trinajstić information content (AvgIpc) is 2.41. The molecule has 118 valence electrons. The highest BCUT2D eigenvalue weighted by molar-refractivity contribution is 5.68. The van der Waals surface area contributed by atoms with E-state index in [9.17, 15) is 9.18 Å². The molecule has 21 heavy (non-hydrogen) atoms. The van der Waals surface area contributed by atoms with Gasteiger partial charge in [0.25, 0.3) is 0 Å². The van der Waals surface area contributed by atoms with Crippen LogP contribution >= 0.6 is 0 Å². The number of alkyl halides is 1. The van der Waals surface area contributed by atoms with Crippen molar-refractivity contribution in [1.82, 2.24) is 4.90 Å². The molecular formula is C16H24FNO3. The van der Waals surface area contributed by atoms with Gasteiger partial charge in [0.15, 0.2) is 0 Å². The molecule has 0 aliphatic heterocycles. The first-order valence-corrected chi connectivity index (χ1v) is 7.08. The fraction of sp³-hybridized carbons (Fsp3) is 0.562. The second-order valence-electron chi connectivity index (χ2n) is 5.69. The molecule has 1 rings (SSSR count). The summed E-state index contributed by atoms with van der Waals surface area (Å²) in [6, 6.07) is 9.75. The van der Waals surface area contributed by atoms with E-state index in [2.05, 4.69) is 0 Å². The van der Waals surface area contributed by atoms with Gasteiger partial charge >= 0.3 is 6.09 Å². The van der Waals surface area contributed by atoms with Crippen molar-refractivity contribution in [2.75, 3.05) is 26.4 Å². The van der Waals surface area contributed by atoms with Crippen molar-refractivity contribution in [3.8, 4) is 0 Å². The summed E-state index contributed by atoms with van der Waals surface area (Å²) in [6.07, 6.45) is -0.511. The Balaban J connectivity index is 2.35. The highest BCUT2D eigenvalue weighted by Crippen LogP contribution is 2.10. The molecule has 5 heteroatoms. The number of nitrogens with zero attached hydrogens (tertiary/aromatic N) is 1. The molecular weight excluding hydrogens is 273 g/mol. The average molecular weight is 297 g/mol. The zero-order valence-electron chi connectivity index (χ0n) is 13.0. The molecule has 0 saturated heterocycles. The van der Waals surface area contributed by atoms with E-state index in [1.54, 1.807) is 20.8 Å². The summed E-state index contributed by atoms with van der Waals surface area (Å²) in [6.45, 7) is 5.89. The Morgan fingerprint density at radius 3 is 2.43 bits per heavy atom. The molecule has 0 aliphatic carbocycles. The topological polar surface area (TPSA) is 38.8 Å². The normalized spacial score (nSPS) is 11.2. The van der Waals surface area contributed by atoms with Gasteiger partial charge in [0, 0.05) is 6.54 Å². The van der Waals surface area contributed by atoms with Crippen LogP contribution in [0.2, 0.25) is 0 Å². The minimum absolute atomic E-state index is 0.0175. The number of hydrogen-bond donors (Lipinski definition) is 0. The van der Waals surface area contributed by atoms with Crippen molar-refractivity contribution in [1.29, 1.82) is 0 Å². The number of carbonyl (C=O) groups excluding carboxylic acids is 1. The van der Waals surface area contributed by atoms with Crippen LogP contribution in [0.3, 0.4) is 0 Å². The maximum absolute atomic E-state index is 12.5. The van der Waals surface area contributed by atoms with Gasteiger partial charge in [-0.1, -0.05) is 30.3 Å². The number of benzene rings is 1. The third-order valence-corrected chi connectivity index (χ3v) is 2.62. The van der Waals surface area contributed by atoms with Gasteiger partial charge in [-0.3, -0.25) is 0 Å². The molecule has 0 unspecified atom stereocenters. The van der Waals surface area contributed by atoms with E-state index in [0.717, 1.165) is 5.56 Å². The fourth-order valence-corrected chi connectivity index (χ4v) is 1.66. The Hall–Kier alpha value is -1.62. The maximum atomic E-state index is 12.5. The van der Waals surface area contributed by atoms with E-state index < -0.39 is 18.4 Å². The van der Waals surface area contributed by atoms with Gasteiger partial charge in [0.05, 0.1) is 19.8 Å². The van der Waals surface area contributed by atoms with Crippen LogP contribution in [-0.4, -0.2) is 43.0 Å². The molecule has 0 atom stereocenters. The van der Waals surface area contributed by atoms with Gasteiger partial charge < -0.3 is 14.4 Å². The monoisotopic (exact) mass is 297 g/mol. The minimum Gasteiger partial charge on any atom is -0.444 e. The van der Waals surface area contributed by atoms with Crippen LogP contribution in [0.5, 0.6) is 0 Å². The third kappa shape index (κ3) is 7.66. The van der Waals surface area contributed by atoms with E-state index in [-0.39, 0.29) is 6.54 Å². The van der Waals surface area contributed by atoms with Gasteiger partial charge in [-0.2, -0.15) is 0 Å². The van der Waals surface area contributed by atoms with Crippen LogP contribution in [0.1, 0.15) is 26.3 Å². The molecule has 4 nitrogen and oxygen atoms in total. The summed E-state index contributed by atoms with van der Waals surface area (Å²) in [5.74, 6) is 0. The molecule has 0 fully saturated rings. The molecule has 0 N–H and O–H groups in total. The number of carbonyl (C=O) groups is 1. The zero-order valence-corrected chi connectivity index (χ0v) is 13.0. The first kappa shape index (κ1) is 17.4. The maximum Gasteiger partial charge on any atom is 0.410 e. The van der Waals surface area contributed by atoms with Gasteiger partial charge in [-0.25, -0.2) is 9.18 Å². The largest absolute Gasteiger partial charge is 0.444 e. The van der Waals surface area contributed by atoms with Crippen LogP contribution in [0.4, 0.5) is 9.18 Å². The molecule has 1 aromatic rings. The van der Waals surface area contributed by atoms with Gasteiger partial charge in [-0.05, 0) is 26.3 Å². The van der Waals surface area contributed by atoms with E-state index in [1.165, 1.54) is 4.90 Å². The third-order valence-electron chi connectivity index (χ3n) is 2.62. The summed E-state index contributed by atoms with van der Waals surface area (Å²) < 4.78 is 23.3. The standard InChI is InChI=1S/C16H24FNO3/c1-16(2,3)21-15(19)18(10-9-17)11-12-20-13-14-7-5-4-6-8-14/h4-8H,9-13H2,1-3H3. The van der Waals surface area contributed by atoms with Crippen molar-refractivity contribution >= 4 is 6.09 Å². The number of halogens is 1. The molecule has 0 aromatic heterocycles. The molecule has 0 aliphatic rings. The minimum atomic E-state index is -0.599. The second-order valence-corrected chi connectivity index (χ2v) is 5.69. The zero-order chi connectivity index (χ0) is 15.7. The van der Waals surface area contributed by atoms with Gasteiger partial charge in [0.2, 0.25) is 0 Å². The predicted molar refractivity (Wildman–Crippen MR) is 79.9 cm³/mol. The Morgan fingerprint density at radius 2 is 1.86 bits per heavy atom. The van der Waals surface area contributed by atoms with Crippen LogP contribution in [0, 0.1) is 0 Å². The second kappa shape index (κ2) is 8.62. The molecule has 0 saturated carbocycles. The van der Waals surface area contributed by atoms with Crippen LogP contribution in [-0.2, 0) is 16.1 Å². The summed E-state index contributed by atoms with van der Waals surface area (Å²) in [5, 5.41) is 0. The van der Waals surface area contributed by atoms with Crippen molar-refractivity contribution in [3.05, 3.63) is 35.9 Å². The molecule has 1 aromatic carbocycles. The molecule has 0 spiro atoms. The van der Waals surface area contributed by atoms with E-state index in [0.29, 0.717) is 19.8 Å². The SMILES string of the molecule is CC(C)(C)OC(=O)N(CCF)CCOCc1ccccc1. The van der Waals surface area contributed by atoms with Crippen LogP contribution in [0.15, 0.2) is 30.3 Å². The van der Waals surface area contributed by atoms with Crippen molar-refractivity contribution < 1.29 is 18.7 Å².